The van der Waals surface area contributed by atoms with Gasteiger partial charge in [-0.1, -0.05) is 0 Å². The molecule has 0 spiro atoms. The van der Waals surface area contributed by atoms with Gasteiger partial charge in [-0.25, -0.2) is 0 Å². The standard InChI is InChI=1S/C12H22O12/c13-1-4(16)6(18)8(20)9(21)11(23)12(24,3-15)10(22)7(19)5(17)2-14/h3-10,13-14,16-22,24H,1-2H2/t4-,5-,6-,7-,8+,9-,10+,12+/m1/s1. The van der Waals surface area contributed by atoms with Crippen molar-refractivity contribution >= 4 is 12.1 Å². The van der Waals surface area contributed by atoms with Crippen LogP contribution >= 0.6 is 0 Å². The van der Waals surface area contributed by atoms with Crippen LogP contribution in [-0.4, -0.2) is 125 Å². The summed E-state index contributed by atoms with van der Waals surface area (Å²) in [7, 11) is 0. The van der Waals surface area contributed by atoms with Gasteiger partial charge in [-0.2, -0.15) is 0 Å². The predicted octanol–water partition coefficient (Wildman–Crippen LogP) is -7.00. The lowest BCUT2D eigenvalue weighted by Gasteiger charge is -2.34. The average molecular weight is 358 g/mol. The Labute approximate surface area is 135 Å². The number of ketones is 1. The number of aliphatic hydroxyl groups excluding tert-OH is 9. The highest BCUT2D eigenvalue weighted by Gasteiger charge is 2.52. The summed E-state index contributed by atoms with van der Waals surface area (Å²) in [5.41, 5.74) is -3.51. The van der Waals surface area contributed by atoms with Gasteiger partial charge in [0.25, 0.3) is 0 Å². The number of carbonyl (C=O) groups excluding carboxylic acids is 2. The van der Waals surface area contributed by atoms with Crippen LogP contribution in [-0.2, 0) is 9.59 Å². The molecule has 12 nitrogen and oxygen atoms in total. The molecular formula is C12H22O12. The topological polar surface area (TPSA) is 236 Å². The first-order valence-electron chi connectivity index (χ1n) is 6.70. The van der Waals surface area contributed by atoms with Crippen molar-refractivity contribution in [1.29, 1.82) is 0 Å². The van der Waals surface area contributed by atoms with Gasteiger partial charge in [-0.05, 0) is 0 Å². The average Bonchev–Trinajstić information content (AvgIpc) is 2.61. The zero-order valence-corrected chi connectivity index (χ0v) is 12.3. The number of hydrogen-bond acceptors (Lipinski definition) is 12. The Balaban J connectivity index is 5.42. The molecule has 0 aliphatic heterocycles. The van der Waals surface area contributed by atoms with E-state index in [4.69, 9.17) is 20.4 Å². The first kappa shape index (κ1) is 22.9. The molecule has 0 heterocycles. The smallest absolute Gasteiger partial charge is 0.209 e. The molecule has 8 atom stereocenters. The second-order valence-corrected chi connectivity index (χ2v) is 5.17. The van der Waals surface area contributed by atoms with Crippen LogP contribution in [0, 0.1) is 0 Å². The first-order valence-corrected chi connectivity index (χ1v) is 6.70. The van der Waals surface area contributed by atoms with E-state index in [0.29, 0.717) is 0 Å². The van der Waals surface area contributed by atoms with Gasteiger partial charge in [-0.15, -0.1) is 0 Å². The summed E-state index contributed by atoms with van der Waals surface area (Å²) in [6.07, 6.45) is -17.1. The van der Waals surface area contributed by atoms with E-state index in [9.17, 15) is 40.2 Å². The summed E-state index contributed by atoms with van der Waals surface area (Å²) in [5.74, 6) is -1.97. The Morgan fingerprint density at radius 2 is 1.25 bits per heavy atom. The molecule has 0 radical (unpaired) electrons. The Hall–Kier alpha value is -1.06. The van der Waals surface area contributed by atoms with E-state index in [0.717, 1.165) is 0 Å². The maximum Gasteiger partial charge on any atom is 0.209 e. The monoisotopic (exact) mass is 358 g/mol. The van der Waals surface area contributed by atoms with Gasteiger partial charge in [0.05, 0.1) is 13.2 Å². The minimum absolute atomic E-state index is 0.585. The number of aliphatic hydroxyl groups is 10. The number of carbonyl (C=O) groups is 2. The minimum atomic E-state index is -3.51. The number of Topliss-reactive ketones (excluding diaryl/α,β-unsaturated/α-hetero) is 1. The highest BCUT2D eigenvalue weighted by Crippen LogP contribution is 2.20. The Morgan fingerprint density at radius 3 is 1.62 bits per heavy atom. The van der Waals surface area contributed by atoms with Gasteiger partial charge >= 0.3 is 0 Å². The molecule has 0 aliphatic carbocycles. The lowest BCUT2D eigenvalue weighted by molar-refractivity contribution is -0.187. The number of rotatable bonds is 11. The van der Waals surface area contributed by atoms with E-state index in [1.54, 1.807) is 0 Å². The second kappa shape index (κ2) is 9.43. The molecule has 12 heteroatoms. The molecule has 0 fully saturated rings. The summed E-state index contributed by atoms with van der Waals surface area (Å²) in [5, 5.41) is 93.1. The van der Waals surface area contributed by atoms with Gasteiger partial charge in [-0.3, -0.25) is 9.59 Å². The third-order valence-corrected chi connectivity index (χ3v) is 3.45. The SMILES string of the molecule is O=C[C@@](O)(C(=O)[C@H](O)[C@@H](O)[C@H](O)[C@H](O)CO)[C@@H](O)[C@H](O)[C@H](O)CO. The van der Waals surface area contributed by atoms with E-state index >= 15 is 0 Å². The summed E-state index contributed by atoms with van der Waals surface area (Å²) in [6.45, 7) is -2.16. The lowest BCUT2D eigenvalue weighted by atomic mass is 9.83. The van der Waals surface area contributed by atoms with E-state index in [-0.39, 0.29) is 0 Å². The molecule has 0 saturated carbocycles. The molecule has 0 bridgehead atoms. The van der Waals surface area contributed by atoms with Crippen molar-refractivity contribution in [2.45, 2.75) is 48.3 Å². The molecule has 24 heavy (non-hydrogen) atoms. The zero-order valence-electron chi connectivity index (χ0n) is 12.3. The van der Waals surface area contributed by atoms with Crippen LogP contribution in [0.25, 0.3) is 0 Å². The molecule has 0 rings (SSSR count). The second-order valence-electron chi connectivity index (χ2n) is 5.17. The van der Waals surface area contributed by atoms with Crippen LogP contribution < -0.4 is 0 Å². The van der Waals surface area contributed by atoms with Gasteiger partial charge < -0.3 is 51.1 Å². The van der Waals surface area contributed by atoms with Gasteiger partial charge in [0, 0.05) is 0 Å². The third-order valence-electron chi connectivity index (χ3n) is 3.45. The minimum Gasteiger partial charge on any atom is -0.394 e. The van der Waals surface area contributed by atoms with Crippen LogP contribution in [0.2, 0.25) is 0 Å². The van der Waals surface area contributed by atoms with E-state index in [1.165, 1.54) is 0 Å². The highest BCUT2D eigenvalue weighted by molar-refractivity contribution is 6.04. The number of hydrogen-bond donors (Lipinski definition) is 10. The van der Waals surface area contributed by atoms with E-state index in [1.807, 2.05) is 0 Å². The van der Waals surface area contributed by atoms with Crippen LogP contribution in [0.3, 0.4) is 0 Å². The van der Waals surface area contributed by atoms with Crippen molar-refractivity contribution in [2.75, 3.05) is 13.2 Å². The third kappa shape index (κ3) is 4.73. The lowest BCUT2D eigenvalue weighted by Crippen LogP contribution is -2.64. The van der Waals surface area contributed by atoms with Crippen molar-refractivity contribution in [3.05, 3.63) is 0 Å². The van der Waals surface area contributed by atoms with Crippen LogP contribution in [0.1, 0.15) is 0 Å². The molecule has 142 valence electrons. The molecule has 0 unspecified atom stereocenters. The van der Waals surface area contributed by atoms with Crippen molar-refractivity contribution in [3.8, 4) is 0 Å². The molecule has 0 aromatic carbocycles. The van der Waals surface area contributed by atoms with E-state index in [2.05, 4.69) is 0 Å². The maximum absolute atomic E-state index is 11.9. The molecule has 0 saturated heterocycles. The summed E-state index contributed by atoms with van der Waals surface area (Å²) >= 11 is 0. The normalized spacial score (nSPS) is 23.2. The summed E-state index contributed by atoms with van der Waals surface area (Å²) in [6, 6.07) is 0. The van der Waals surface area contributed by atoms with Crippen LogP contribution in [0.5, 0.6) is 0 Å². The summed E-state index contributed by atoms with van der Waals surface area (Å²) in [4.78, 5) is 22.9. The molecule has 0 aromatic rings. The quantitative estimate of drug-likeness (QED) is 0.122. The molecule has 0 amide bonds. The zero-order chi connectivity index (χ0) is 19.2. The highest BCUT2D eigenvalue weighted by atomic mass is 16.4. The fraction of sp³-hybridized carbons (Fsp3) is 0.833. The fourth-order valence-electron chi connectivity index (χ4n) is 1.77. The fourth-order valence-corrected chi connectivity index (χ4v) is 1.77. The van der Waals surface area contributed by atoms with Crippen LogP contribution in [0.15, 0.2) is 0 Å². The predicted molar refractivity (Wildman–Crippen MR) is 72.2 cm³/mol. The maximum atomic E-state index is 11.9. The van der Waals surface area contributed by atoms with Gasteiger partial charge in [0.1, 0.15) is 42.7 Å². The molecule has 10 N–H and O–H groups in total. The van der Waals surface area contributed by atoms with Crippen molar-refractivity contribution in [2.24, 2.45) is 0 Å². The Bertz CT molecular complexity index is 417. The molecule has 0 aromatic heterocycles. The van der Waals surface area contributed by atoms with Crippen molar-refractivity contribution in [3.63, 3.8) is 0 Å². The molecule has 0 aliphatic rings. The largest absolute Gasteiger partial charge is 0.394 e. The first-order chi connectivity index (χ1) is 11.0. The molecular weight excluding hydrogens is 336 g/mol. The van der Waals surface area contributed by atoms with Crippen LogP contribution in [0.4, 0.5) is 0 Å². The summed E-state index contributed by atoms with van der Waals surface area (Å²) < 4.78 is 0. The Kier molecular flexibility index (Phi) is 9.01. The van der Waals surface area contributed by atoms with Crippen molar-refractivity contribution in [1.82, 2.24) is 0 Å². The van der Waals surface area contributed by atoms with E-state index < -0.39 is 73.6 Å². The van der Waals surface area contributed by atoms with Gasteiger partial charge in [0.15, 0.2) is 6.29 Å². The van der Waals surface area contributed by atoms with Gasteiger partial charge in [0.2, 0.25) is 11.4 Å². The Morgan fingerprint density at radius 1 is 0.833 bits per heavy atom. The number of aldehydes is 1. The van der Waals surface area contributed by atoms with Crippen molar-refractivity contribution < 1.29 is 60.7 Å².